The van der Waals surface area contributed by atoms with E-state index in [1.54, 1.807) is 6.20 Å². The lowest BCUT2D eigenvalue weighted by Gasteiger charge is -2.40. The topological polar surface area (TPSA) is 67.7 Å². The van der Waals surface area contributed by atoms with Crippen LogP contribution in [-0.2, 0) is 0 Å². The Hall–Kier alpha value is -2.63. The average Bonchev–Trinajstić information content (AvgIpc) is 2.50. The summed E-state index contributed by atoms with van der Waals surface area (Å²) in [6, 6.07) is 2.11. The molecule has 4 rings (SSSR count). The SMILES string of the molecule is Cc1cnc2c(C3CN(c4nc(C)c(C)nc4C)C3)nncc2c1. The highest BCUT2D eigenvalue weighted by Gasteiger charge is 2.33. The molecule has 0 saturated carbocycles. The van der Waals surface area contributed by atoms with E-state index in [1.807, 2.05) is 33.9 Å². The number of hydrogen-bond acceptors (Lipinski definition) is 6. The predicted octanol–water partition coefficient (Wildman–Crippen LogP) is 2.65. The van der Waals surface area contributed by atoms with Crippen LogP contribution in [0.25, 0.3) is 10.9 Å². The Labute approximate surface area is 141 Å². The van der Waals surface area contributed by atoms with Gasteiger partial charge < -0.3 is 4.90 Å². The summed E-state index contributed by atoms with van der Waals surface area (Å²) in [5, 5.41) is 9.58. The zero-order valence-electron chi connectivity index (χ0n) is 14.4. The van der Waals surface area contributed by atoms with Crippen molar-refractivity contribution in [3.8, 4) is 0 Å². The van der Waals surface area contributed by atoms with Gasteiger partial charge in [-0.05, 0) is 39.3 Å². The summed E-state index contributed by atoms with van der Waals surface area (Å²) in [5.41, 5.74) is 6.04. The summed E-state index contributed by atoms with van der Waals surface area (Å²) in [6.45, 7) is 9.81. The number of rotatable bonds is 2. The lowest BCUT2D eigenvalue weighted by Crippen LogP contribution is -2.46. The van der Waals surface area contributed by atoms with Crippen LogP contribution in [0.5, 0.6) is 0 Å². The minimum atomic E-state index is 0.333. The van der Waals surface area contributed by atoms with Crippen LogP contribution in [0.1, 0.15) is 34.3 Å². The number of aromatic nitrogens is 5. The fourth-order valence-corrected chi connectivity index (χ4v) is 3.21. The van der Waals surface area contributed by atoms with E-state index in [0.29, 0.717) is 5.92 Å². The van der Waals surface area contributed by atoms with Crippen molar-refractivity contribution in [1.29, 1.82) is 0 Å². The zero-order chi connectivity index (χ0) is 16.8. The van der Waals surface area contributed by atoms with Crippen LogP contribution in [0.15, 0.2) is 18.5 Å². The lowest BCUT2D eigenvalue weighted by molar-refractivity contribution is 0.504. The molecule has 1 aliphatic rings. The van der Waals surface area contributed by atoms with Gasteiger partial charge in [-0.3, -0.25) is 9.97 Å². The first-order valence-electron chi connectivity index (χ1n) is 8.17. The Bertz CT molecular complexity index is 930. The molecular weight excluding hydrogens is 300 g/mol. The minimum absolute atomic E-state index is 0.333. The summed E-state index contributed by atoms with van der Waals surface area (Å²) in [4.78, 5) is 16.1. The molecule has 6 nitrogen and oxygen atoms in total. The number of anilines is 1. The molecule has 0 aliphatic carbocycles. The maximum absolute atomic E-state index is 4.71. The van der Waals surface area contributed by atoms with E-state index in [2.05, 4.69) is 31.1 Å². The number of hydrogen-bond donors (Lipinski definition) is 0. The standard InChI is InChI=1S/C18H20N6/c1-10-5-14-7-20-23-17(16(14)19-6-10)15-8-24(9-15)18-13(4)21-11(2)12(3)22-18/h5-7,15H,8-9H2,1-4H3. The fourth-order valence-electron chi connectivity index (χ4n) is 3.21. The molecule has 0 spiro atoms. The molecule has 1 aliphatic heterocycles. The van der Waals surface area contributed by atoms with Crippen molar-refractivity contribution in [1.82, 2.24) is 25.1 Å². The number of pyridine rings is 1. The molecule has 0 amide bonds. The van der Waals surface area contributed by atoms with Crippen molar-refractivity contribution >= 4 is 16.7 Å². The van der Waals surface area contributed by atoms with Crippen LogP contribution >= 0.6 is 0 Å². The van der Waals surface area contributed by atoms with Gasteiger partial charge in [-0.1, -0.05) is 0 Å². The summed E-state index contributed by atoms with van der Waals surface area (Å²) in [6.07, 6.45) is 3.68. The minimum Gasteiger partial charge on any atom is -0.354 e. The summed E-state index contributed by atoms with van der Waals surface area (Å²) >= 11 is 0. The van der Waals surface area contributed by atoms with Crippen molar-refractivity contribution in [2.75, 3.05) is 18.0 Å². The van der Waals surface area contributed by atoms with Crippen LogP contribution in [0, 0.1) is 27.7 Å². The van der Waals surface area contributed by atoms with Gasteiger partial charge in [0.2, 0.25) is 0 Å². The third kappa shape index (κ3) is 2.38. The Balaban J connectivity index is 1.61. The zero-order valence-corrected chi connectivity index (χ0v) is 14.4. The van der Waals surface area contributed by atoms with Crippen LogP contribution in [0.2, 0.25) is 0 Å². The van der Waals surface area contributed by atoms with Crippen molar-refractivity contribution in [2.45, 2.75) is 33.6 Å². The molecule has 0 bridgehead atoms. The van der Waals surface area contributed by atoms with Gasteiger partial charge >= 0.3 is 0 Å². The summed E-state index contributed by atoms with van der Waals surface area (Å²) in [5.74, 6) is 1.31. The maximum Gasteiger partial charge on any atom is 0.150 e. The van der Waals surface area contributed by atoms with E-state index in [0.717, 1.165) is 58.1 Å². The van der Waals surface area contributed by atoms with E-state index >= 15 is 0 Å². The third-order valence-corrected chi connectivity index (χ3v) is 4.68. The van der Waals surface area contributed by atoms with Gasteiger partial charge in [0, 0.05) is 30.6 Å². The van der Waals surface area contributed by atoms with Crippen LogP contribution in [-0.4, -0.2) is 38.2 Å². The molecule has 1 saturated heterocycles. The molecule has 3 aromatic rings. The van der Waals surface area contributed by atoms with Crippen molar-refractivity contribution in [2.24, 2.45) is 0 Å². The lowest BCUT2D eigenvalue weighted by atomic mass is 9.94. The molecule has 0 aromatic carbocycles. The summed E-state index contributed by atoms with van der Waals surface area (Å²) < 4.78 is 0. The second kappa shape index (κ2) is 5.47. The number of nitrogens with zero attached hydrogens (tertiary/aromatic N) is 6. The van der Waals surface area contributed by atoms with Gasteiger partial charge in [0.15, 0.2) is 0 Å². The molecule has 0 unspecified atom stereocenters. The van der Waals surface area contributed by atoms with E-state index in [9.17, 15) is 0 Å². The Kier molecular flexibility index (Phi) is 3.40. The fraction of sp³-hybridized carbons (Fsp3) is 0.389. The van der Waals surface area contributed by atoms with Crippen molar-refractivity contribution in [3.63, 3.8) is 0 Å². The first-order valence-corrected chi connectivity index (χ1v) is 8.17. The van der Waals surface area contributed by atoms with Gasteiger partial charge in [-0.25, -0.2) is 4.98 Å². The summed E-state index contributed by atoms with van der Waals surface area (Å²) in [7, 11) is 0. The molecule has 0 atom stereocenters. The number of aryl methyl sites for hydroxylation is 4. The van der Waals surface area contributed by atoms with Crippen molar-refractivity contribution < 1.29 is 0 Å². The Morgan fingerprint density at radius 1 is 0.958 bits per heavy atom. The first-order chi connectivity index (χ1) is 11.5. The van der Waals surface area contributed by atoms with Crippen molar-refractivity contribution in [3.05, 3.63) is 46.8 Å². The second-order valence-electron chi connectivity index (χ2n) is 6.59. The van der Waals surface area contributed by atoms with Crippen LogP contribution in [0.4, 0.5) is 5.82 Å². The Morgan fingerprint density at radius 2 is 1.71 bits per heavy atom. The largest absolute Gasteiger partial charge is 0.354 e. The molecule has 1 fully saturated rings. The highest BCUT2D eigenvalue weighted by atomic mass is 15.3. The quantitative estimate of drug-likeness (QED) is 0.723. The van der Waals surface area contributed by atoms with Gasteiger partial charge in [0.1, 0.15) is 5.82 Å². The second-order valence-corrected chi connectivity index (χ2v) is 6.59. The van der Waals surface area contributed by atoms with Gasteiger partial charge in [-0.2, -0.15) is 10.2 Å². The predicted molar refractivity (Wildman–Crippen MR) is 93.3 cm³/mol. The normalized spacial score (nSPS) is 14.9. The monoisotopic (exact) mass is 320 g/mol. The first kappa shape index (κ1) is 14.9. The molecule has 6 heteroatoms. The van der Waals surface area contributed by atoms with E-state index < -0.39 is 0 Å². The highest BCUT2D eigenvalue weighted by molar-refractivity contribution is 5.80. The van der Waals surface area contributed by atoms with Gasteiger partial charge in [0.05, 0.1) is 34.5 Å². The van der Waals surface area contributed by atoms with Gasteiger partial charge in [0.25, 0.3) is 0 Å². The van der Waals surface area contributed by atoms with E-state index in [4.69, 9.17) is 4.98 Å². The third-order valence-electron chi connectivity index (χ3n) is 4.68. The van der Waals surface area contributed by atoms with E-state index in [1.165, 1.54) is 0 Å². The average molecular weight is 320 g/mol. The molecule has 4 heterocycles. The molecule has 0 N–H and O–H groups in total. The molecule has 0 radical (unpaired) electrons. The molecule has 24 heavy (non-hydrogen) atoms. The van der Waals surface area contributed by atoms with E-state index in [-0.39, 0.29) is 0 Å². The number of fused-ring (bicyclic) bond motifs is 1. The highest BCUT2D eigenvalue weighted by Crippen LogP contribution is 2.33. The smallest absolute Gasteiger partial charge is 0.150 e. The molecule has 122 valence electrons. The maximum atomic E-state index is 4.71. The van der Waals surface area contributed by atoms with Crippen LogP contribution < -0.4 is 4.90 Å². The van der Waals surface area contributed by atoms with Gasteiger partial charge in [-0.15, -0.1) is 0 Å². The molecule has 3 aromatic heterocycles. The Morgan fingerprint density at radius 3 is 2.50 bits per heavy atom. The van der Waals surface area contributed by atoms with Crippen LogP contribution in [0.3, 0.4) is 0 Å². The molecular formula is C18H20N6.